The van der Waals surface area contributed by atoms with Crippen molar-refractivity contribution >= 4 is 21.8 Å². The van der Waals surface area contributed by atoms with Crippen LogP contribution in [0.15, 0.2) is 21.2 Å². The van der Waals surface area contributed by atoms with Crippen LogP contribution in [0.5, 0.6) is 0 Å². The van der Waals surface area contributed by atoms with Crippen molar-refractivity contribution in [3.05, 3.63) is 22.6 Å². The molecule has 0 N–H and O–H groups in total. The molecule has 4 heteroatoms. The zero-order valence-electron chi connectivity index (χ0n) is 8.92. The summed E-state index contributed by atoms with van der Waals surface area (Å²) in [5.41, 5.74) is -0.0453. The molecule has 1 amide bonds. The number of furan rings is 1. The minimum Gasteiger partial charge on any atom is -0.444 e. The van der Waals surface area contributed by atoms with Gasteiger partial charge in [-0.15, -0.1) is 0 Å². The molecule has 1 aliphatic rings. The van der Waals surface area contributed by atoms with Crippen LogP contribution in [0.1, 0.15) is 37.2 Å². The highest BCUT2D eigenvalue weighted by molar-refractivity contribution is 9.10. The summed E-state index contributed by atoms with van der Waals surface area (Å²) in [7, 11) is 0. The van der Waals surface area contributed by atoms with Gasteiger partial charge >= 0.3 is 0 Å². The van der Waals surface area contributed by atoms with Gasteiger partial charge < -0.3 is 9.32 Å². The molecule has 1 saturated heterocycles. The Balaban J connectivity index is 2.21. The van der Waals surface area contributed by atoms with E-state index in [2.05, 4.69) is 29.8 Å². The molecule has 0 aliphatic carbocycles. The predicted octanol–water partition coefficient (Wildman–Crippen LogP) is 3.06. The third kappa shape index (κ3) is 1.95. The fraction of sp³-hybridized carbons (Fsp3) is 0.545. The van der Waals surface area contributed by atoms with Crippen molar-refractivity contribution in [1.29, 1.82) is 0 Å². The van der Waals surface area contributed by atoms with Crippen LogP contribution in [0.2, 0.25) is 0 Å². The minimum atomic E-state index is -0.0453. The van der Waals surface area contributed by atoms with E-state index in [1.54, 1.807) is 12.1 Å². The Hall–Kier alpha value is -0.770. The summed E-state index contributed by atoms with van der Waals surface area (Å²) in [6, 6.07) is 3.46. The van der Waals surface area contributed by atoms with Crippen LogP contribution in [-0.4, -0.2) is 22.9 Å². The van der Waals surface area contributed by atoms with Crippen LogP contribution in [-0.2, 0) is 0 Å². The van der Waals surface area contributed by atoms with Crippen molar-refractivity contribution in [3.63, 3.8) is 0 Å². The first-order chi connectivity index (χ1) is 7.00. The van der Waals surface area contributed by atoms with Gasteiger partial charge in [0.05, 0.1) is 0 Å². The fourth-order valence-electron chi connectivity index (χ4n) is 2.05. The second-order valence-corrected chi connectivity index (χ2v) is 5.26. The van der Waals surface area contributed by atoms with E-state index in [1.807, 2.05) is 4.90 Å². The van der Waals surface area contributed by atoms with E-state index in [-0.39, 0.29) is 11.4 Å². The highest BCUT2D eigenvalue weighted by Crippen LogP contribution is 2.30. The molecule has 0 atom stereocenters. The Labute approximate surface area is 97.6 Å². The predicted molar refractivity (Wildman–Crippen MR) is 60.8 cm³/mol. The molecule has 2 heterocycles. The van der Waals surface area contributed by atoms with Gasteiger partial charge in [0, 0.05) is 12.1 Å². The van der Waals surface area contributed by atoms with Crippen LogP contribution in [0.4, 0.5) is 0 Å². The number of carbonyl (C=O) groups excluding carboxylic acids is 1. The third-order valence-corrected chi connectivity index (χ3v) is 3.36. The van der Waals surface area contributed by atoms with Gasteiger partial charge in [0.15, 0.2) is 10.4 Å². The monoisotopic (exact) mass is 271 g/mol. The van der Waals surface area contributed by atoms with Crippen molar-refractivity contribution in [2.45, 2.75) is 32.2 Å². The number of likely N-dealkylation sites (tertiary alicyclic amines) is 1. The minimum absolute atomic E-state index is 0.0109. The highest BCUT2D eigenvalue weighted by atomic mass is 79.9. The molecule has 0 bridgehead atoms. The van der Waals surface area contributed by atoms with Crippen molar-refractivity contribution in [3.8, 4) is 0 Å². The fourth-order valence-corrected chi connectivity index (χ4v) is 2.35. The average Bonchev–Trinajstić information content (AvgIpc) is 2.70. The molecule has 0 spiro atoms. The highest BCUT2D eigenvalue weighted by Gasteiger charge is 2.36. The summed E-state index contributed by atoms with van der Waals surface area (Å²) in [5, 5.41) is 0. The lowest BCUT2D eigenvalue weighted by atomic mass is 10.0. The molecular formula is C11H14BrNO2. The molecule has 2 rings (SSSR count). The van der Waals surface area contributed by atoms with Crippen molar-refractivity contribution in [2.75, 3.05) is 6.54 Å². The summed E-state index contributed by atoms with van der Waals surface area (Å²) in [4.78, 5) is 14.0. The normalized spacial score (nSPS) is 19.5. The largest absolute Gasteiger partial charge is 0.444 e. The molecule has 0 aromatic carbocycles. The lowest BCUT2D eigenvalue weighted by molar-refractivity contribution is 0.0617. The molecule has 3 nitrogen and oxygen atoms in total. The Kier molecular flexibility index (Phi) is 2.63. The second kappa shape index (κ2) is 3.67. The van der Waals surface area contributed by atoms with E-state index in [4.69, 9.17) is 4.42 Å². The van der Waals surface area contributed by atoms with E-state index >= 15 is 0 Å². The maximum absolute atomic E-state index is 12.1. The average molecular weight is 272 g/mol. The van der Waals surface area contributed by atoms with Crippen LogP contribution in [0, 0.1) is 0 Å². The van der Waals surface area contributed by atoms with Crippen LogP contribution >= 0.6 is 15.9 Å². The van der Waals surface area contributed by atoms with Gasteiger partial charge in [-0.1, -0.05) is 0 Å². The lowest BCUT2D eigenvalue weighted by Gasteiger charge is -2.30. The number of rotatable bonds is 1. The third-order valence-electron chi connectivity index (χ3n) is 2.93. The Bertz CT molecular complexity index is 384. The molecule has 1 fully saturated rings. The Morgan fingerprint density at radius 1 is 1.53 bits per heavy atom. The Morgan fingerprint density at radius 2 is 2.27 bits per heavy atom. The number of carbonyl (C=O) groups is 1. The standard InChI is InChI=1S/C11H14BrNO2/c1-11(2)6-3-7-13(11)10(14)8-4-5-9(12)15-8/h4-5H,3,6-7H2,1-2H3. The van der Waals surface area contributed by atoms with E-state index < -0.39 is 0 Å². The van der Waals surface area contributed by atoms with Crippen molar-refractivity contribution in [2.24, 2.45) is 0 Å². The van der Waals surface area contributed by atoms with Crippen LogP contribution in [0.25, 0.3) is 0 Å². The molecular weight excluding hydrogens is 258 g/mol. The summed E-state index contributed by atoms with van der Waals surface area (Å²) in [6.45, 7) is 5.01. The number of hydrogen-bond acceptors (Lipinski definition) is 2. The molecule has 0 saturated carbocycles. The maximum Gasteiger partial charge on any atom is 0.290 e. The summed E-state index contributed by atoms with van der Waals surface area (Å²) >= 11 is 3.20. The lowest BCUT2D eigenvalue weighted by Crippen LogP contribution is -2.42. The van der Waals surface area contributed by atoms with Crippen molar-refractivity contribution < 1.29 is 9.21 Å². The second-order valence-electron chi connectivity index (χ2n) is 4.48. The van der Waals surface area contributed by atoms with Crippen molar-refractivity contribution in [1.82, 2.24) is 4.90 Å². The van der Waals surface area contributed by atoms with Crippen LogP contribution < -0.4 is 0 Å². The molecule has 1 aromatic rings. The first-order valence-electron chi connectivity index (χ1n) is 5.08. The Morgan fingerprint density at radius 3 is 2.73 bits per heavy atom. The number of hydrogen-bond donors (Lipinski definition) is 0. The first kappa shape index (κ1) is 10.7. The quantitative estimate of drug-likeness (QED) is 0.787. The van der Waals surface area contributed by atoms with Gasteiger partial charge in [-0.25, -0.2) is 0 Å². The van der Waals surface area contributed by atoms with Gasteiger partial charge in [0.2, 0.25) is 0 Å². The molecule has 1 aromatic heterocycles. The smallest absolute Gasteiger partial charge is 0.290 e. The topological polar surface area (TPSA) is 33.5 Å². The maximum atomic E-state index is 12.1. The van der Waals surface area contributed by atoms with E-state index in [1.165, 1.54) is 0 Å². The molecule has 0 unspecified atom stereocenters. The number of halogens is 1. The van der Waals surface area contributed by atoms with Gasteiger partial charge in [-0.3, -0.25) is 4.79 Å². The molecule has 15 heavy (non-hydrogen) atoms. The number of nitrogens with zero attached hydrogens (tertiary/aromatic N) is 1. The summed E-state index contributed by atoms with van der Waals surface area (Å²) in [5.74, 6) is 0.403. The van der Waals surface area contributed by atoms with E-state index in [0.717, 1.165) is 19.4 Å². The molecule has 1 aliphatic heterocycles. The van der Waals surface area contributed by atoms with Gasteiger partial charge in [-0.05, 0) is 54.8 Å². The first-order valence-corrected chi connectivity index (χ1v) is 5.87. The van der Waals surface area contributed by atoms with E-state index in [0.29, 0.717) is 10.4 Å². The van der Waals surface area contributed by atoms with E-state index in [9.17, 15) is 4.79 Å². The SMILES string of the molecule is CC1(C)CCCN1C(=O)c1ccc(Br)o1. The summed E-state index contributed by atoms with van der Waals surface area (Å²) in [6.07, 6.45) is 2.13. The van der Waals surface area contributed by atoms with Gasteiger partial charge in [0.1, 0.15) is 0 Å². The number of amides is 1. The zero-order valence-corrected chi connectivity index (χ0v) is 10.5. The zero-order chi connectivity index (χ0) is 11.1. The van der Waals surface area contributed by atoms with Gasteiger partial charge in [-0.2, -0.15) is 0 Å². The summed E-state index contributed by atoms with van der Waals surface area (Å²) < 4.78 is 5.88. The van der Waals surface area contributed by atoms with Gasteiger partial charge in [0.25, 0.3) is 5.91 Å². The van der Waals surface area contributed by atoms with Crippen LogP contribution in [0.3, 0.4) is 0 Å². The molecule has 82 valence electrons. The molecule has 0 radical (unpaired) electrons.